The summed E-state index contributed by atoms with van der Waals surface area (Å²) in [5, 5.41) is 5.15. The van der Waals surface area contributed by atoms with Crippen molar-refractivity contribution in [2.45, 2.75) is 0 Å². The third-order valence-electron chi connectivity index (χ3n) is 9.45. The molecule has 0 fully saturated rings. The van der Waals surface area contributed by atoms with Crippen molar-refractivity contribution in [3.63, 3.8) is 0 Å². The minimum absolute atomic E-state index is 0.648. The van der Waals surface area contributed by atoms with Gasteiger partial charge in [-0.3, -0.25) is 0 Å². The van der Waals surface area contributed by atoms with Gasteiger partial charge in [-0.25, -0.2) is 15.0 Å². The molecule has 234 valence electrons. The SMILES string of the molecule is c1ccc(-c2nc(-c3ccccc3)nc(-c3ccc(-c4cccc(-n5c6ccccc6c6ccc7sc8ccccc8c7c65)c4)cc3)n2)cc1. The van der Waals surface area contributed by atoms with E-state index in [9.17, 15) is 0 Å². The molecule has 3 heterocycles. The van der Waals surface area contributed by atoms with Gasteiger partial charge in [0.1, 0.15) is 0 Å². The van der Waals surface area contributed by atoms with Crippen LogP contribution in [0.25, 0.3) is 93.0 Å². The molecule has 4 nitrogen and oxygen atoms in total. The zero-order valence-corrected chi connectivity index (χ0v) is 27.7. The molecule has 0 saturated heterocycles. The Hall–Kier alpha value is -6.43. The summed E-state index contributed by atoms with van der Waals surface area (Å²) in [6.07, 6.45) is 0. The molecule has 10 aromatic rings. The molecule has 3 aromatic heterocycles. The summed E-state index contributed by atoms with van der Waals surface area (Å²) in [6, 6.07) is 59.7. The predicted molar refractivity (Wildman–Crippen MR) is 209 cm³/mol. The van der Waals surface area contributed by atoms with Gasteiger partial charge in [0, 0.05) is 53.3 Å². The van der Waals surface area contributed by atoms with E-state index in [0.29, 0.717) is 17.5 Å². The highest BCUT2D eigenvalue weighted by Gasteiger charge is 2.18. The first-order valence-corrected chi connectivity index (χ1v) is 17.5. The molecule has 0 spiro atoms. The van der Waals surface area contributed by atoms with Gasteiger partial charge in [-0.2, -0.15) is 0 Å². The average Bonchev–Trinajstić information content (AvgIpc) is 3.74. The first-order valence-electron chi connectivity index (χ1n) is 16.7. The van der Waals surface area contributed by atoms with E-state index in [0.717, 1.165) is 33.5 Å². The third-order valence-corrected chi connectivity index (χ3v) is 10.6. The highest BCUT2D eigenvalue weighted by atomic mass is 32.1. The van der Waals surface area contributed by atoms with Crippen molar-refractivity contribution in [1.29, 1.82) is 0 Å². The molecule has 50 heavy (non-hydrogen) atoms. The summed E-state index contributed by atoms with van der Waals surface area (Å²) in [5.41, 5.74) is 8.73. The van der Waals surface area contributed by atoms with Gasteiger partial charge in [0.2, 0.25) is 0 Å². The molecule has 0 aliphatic heterocycles. The Morgan fingerprint density at radius 1 is 0.380 bits per heavy atom. The molecule has 5 heteroatoms. The molecule has 10 rings (SSSR count). The van der Waals surface area contributed by atoms with Crippen LogP contribution in [0.1, 0.15) is 0 Å². The van der Waals surface area contributed by atoms with Crippen LogP contribution in [0, 0.1) is 0 Å². The molecule has 7 aromatic carbocycles. The lowest BCUT2D eigenvalue weighted by Gasteiger charge is -2.12. The van der Waals surface area contributed by atoms with Gasteiger partial charge >= 0.3 is 0 Å². The van der Waals surface area contributed by atoms with Crippen LogP contribution in [0.2, 0.25) is 0 Å². The number of fused-ring (bicyclic) bond motifs is 7. The number of aromatic nitrogens is 4. The lowest BCUT2D eigenvalue weighted by atomic mass is 10.0. The van der Waals surface area contributed by atoms with E-state index >= 15 is 0 Å². The smallest absolute Gasteiger partial charge is 0.164 e. The highest BCUT2D eigenvalue weighted by molar-refractivity contribution is 7.26. The molecular weight excluding hydrogens is 629 g/mol. The number of nitrogens with zero attached hydrogens (tertiary/aromatic N) is 4. The van der Waals surface area contributed by atoms with Gasteiger partial charge in [-0.1, -0.05) is 140 Å². The summed E-state index contributed by atoms with van der Waals surface area (Å²) in [6.45, 7) is 0. The predicted octanol–water partition coefficient (Wildman–Crippen LogP) is 12.0. The van der Waals surface area contributed by atoms with Crippen molar-refractivity contribution in [2.75, 3.05) is 0 Å². The number of benzene rings is 7. The van der Waals surface area contributed by atoms with Gasteiger partial charge in [0.15, 0.2) is 17.5 Å². The van der Waals surface area contributed by atoms with Crippen LogP contribution in [-0.4, -0.2) is 19.5 Å². The number of thiophene rings is 1. The van der Waals surface area contributed by atoms with Crippen LogP contribution in [-0.2, 0) is 0 Å². The molecule has 0 saturated carbocycles. The lowest BCUT2D eigenvalue weighted by molar-refractivity contribution is 1.07. The minimum atomic E-state index is 0.648. The van der Waals surface area contributed by atoms with Crippen LogP contribution in [0.3, 0.4) is 0 Å². The van der Waals surface area contributed by atoms with Gasteiger partial charge in [0.25, 0.3) is 0 Å². The van der Waals surface area contributed by atoms with E-state index in [2.05, 4.69) is 114 Å². The Kier molecular flexibility index (Phi) is 6.64. The first kappa shape index (κ1) is 28.6. The van der Waals surface area contributed by atoms with Crippen LogP contribution in [0.15, 0.2) is 170 Å². The summed E-state index contributed by atoms with van der Waals surface area (Å²) < 4.78 is 5.06. The molecule has 0 bridgehead atoms. The summed E-state index contributed by atoms with van der Waals surface area (Å²) in [5.74, 6) is 1.96. The molecule has 0 unspecified atom stereocenters. The monoisotopic (exact) mass is 656 g/mol. The lowest BCUT2D eigenvalue weighted by Crippen LogP contribution is -2.00. The minimum Gasteiger partial charge on any atom is -0.309 e. The second-order valence-corrected chi connectivity index (χ2v) is 13.5. The first-order chi connectivity index (χ1) is 24.8. The summed E-state index contributed by atoms with van der Waals surface area (Å²) in [7, 11) is 0. The van der Waals surface area contributed by atoms with E-state index < -0.39 is 0 Å². The van der Waals surface area contributed by atoms with E-state index in [1.807, 2.05) is 72.0 Å². The second kappa shape index (κ2) is 11.6. The average molecular weight is 657 g/mol. The van der Waals surface area contributed by atoms with Crippen molar-refractivity contribution in [3.05, 3.63) is 170 Å². The second-order valence-electron chi connectivity index (χ2n) is 12.5. The fraction of sp³-hybridized carbons (Fsp3) is 0. The fourth-order valence-corrected chi connectivity index (χ4v) is 8.22. The molecular formula is C45H28N4S. The number of hydrogen-bond donors (Lipinski definition) is 0. The molecule has 0 aliphatic rings. The van der Waals surface area contributed by atoms with E-state index in [1.165, 1.54) is 42.0 Å². The fourth-order valence-electron chi connectivity index (χ4n) is 7.11. The van der Waals surface area contributed by atoms with Crippen molar-refractivity contribution >= 4 is 53.3 Å². The molecule has 0 N–H and O–H groups in total. The number of para-hydroxylation sites is 1. The Morgan fingerprint density at radius 2 is 0.940 bits per heavy atom. The van der Waals surface area contributed by atoms with E-state index in [4.69, 9.17) is 15.0 Å². The Bertz CT molecular complexity index is 2800. The largest absolute Gasteiger partial charge is 0.309 e. The van der Waals surface area contributed by atoms with Crippen molar-refractivity contribution in [3.8, 4) is 51.0 Å². The number of rotatable bonds is 5. The molecule has 0 atom stereocenters. The molecule has 0 amide bonds. The number of hydrogen-bond acceptors (Lipinski definition) is 4. The van der Waals surface area contributed by atoms with Crippen molar-refractivity contribution in [1.82, 2.24) is 19.5 Å². The van der Waals surface area contributed by atoms with E-state index in [1.54, 1.807) is 0 Å². The summed E-state index contributed by atoms with van der Waals surface area (Å²) >= 11 is 1.86. The van der Waals surface area contributed by atoms with Crippen molar-refractivity contribution < 1.29 is 0 Å². The molecule has 0 radical (unpaired) electrons. The maximum atomic E-state index is 4.92. The Morgan fingerprint density at radius 3 is 1.64 bits per heavy atom. The topological polar surface area (TPSA) is 43.6 Å². The van der Waals surface area contributed by atoms with E-state index in [-0.39, 0.29) is 0 Å². The maximum Gasteiger partial charge on any atom is 0.164 e. The van der Waals surface area contributed by atoms with Crippen LogP contribution in [0.4, 0.5) is 0 Å². The zero-order valence-electron chi connectivity index (χ0n) is 26.9. The third kappa shape index (κ3) is 4.71. The van der Waals surface area contributed by atoms with Gasteiger partial charge in [0.05, 0.1) is 11.0 Å². The highest BCUT2D eigenvalue weighted by Crippen LogP contribution is 2.43. The van der Waals surface area contributed by atoms with Gasteiger partial charge in [-0.15, -0.1) is 11.3 Å². The van der Waals surface area contributed by atoms with Crippen molar-refractivity contribution in [2.24, 2.45) is 0 Å². The Labute approximate surface area is 292 Å². The zero-order chi connectivity index (χ0) is 33.0. The Balaban J connectivity index is 1.09. The maximum absolute atomic E-state index is 4.92. The van der Waals surface area contributed by atoms with Crippen LogP contribution >= 0.6 is 11.3 Å². The quantitative estimate of drug-likeness (QED) is 0.185. The summed E-state index contributed by atoms with van der Waals surface area (Å²) in [4.78, 5) is 14.7. The standard InChI is InChI=1S/C45H28N4S/c1-3-12-30(13-4-1)43-46-44(31-14-5-2-6-15-31)48-45(47-43)32-24-22-29(23-25-32)33-16-11-17-34(28-33)49-38-20-9-7-18-35(38)36-26-27-40-41(42(36)49)37-19-8-10-21-39(37)50-40/h1-28H. The van der Waals surface area contributed by atoms with Crippen LogP contribution in [0.5, 0.6) is 0 Å². The van der Waals surface area contributed by atoms with Gasteiger partial charge in [-0.05, 0) is 41.5 Å². The molecule has 0 aliphatic carbocycles. The van der Waals surface area contributed by atoms with Crippen LogP contribution < -0.4 is 0 Å². The normalized spacial score (nSPS) is 11.6. The van der Waals surface area contributed by atoms with Gasteiger partial charge < -0.3 is 4.57 Å².